The molecule has 154 valence electrons. The molecule has 1 amide bonds. The zero-order valence-electron chi connectivity index (χ0n) is 16.9. The Morgan fingerprint density at radius 3 is 2.31 bits per heavy atom. The largest absolute Gasteiger partial charge is 0.455 e. The number of hydrogen-bond donors (Lipinski definition) is 1. The SMILES string of the molecule is CCCCc1ccc(NC(=O)COC(=O)C2(c3ccc(Cl)cc3)CCCC2)cc1. The van der Waals surface area contributed by atoms with Crippen molar-refractivity contribution < 1.29 is 14.3 Å². The molecule has 0 aliphatic heterocycles. The number of aryl methyl sites for hydroxylation is 1. The van der Waals surface area contributed by atoms with E-state index < -0.39 is 5.41 Å². The van der Waals surface area contributed by atoms with Gasteiger partial charge in [0.05, 0.1) is 5.41 Å². The number of unbranched alkanes of at least 4 members (excludes halogenated alkanes) is 1. The molecule has 0 atom stereocenters. The second-order valence-corrected chi connectivity index (χ2v) is 8.16. The Balaban J connectivity index is 1.57. The second-order valence-electron chi connectivity index (χ2n) is 7.72. The maximum atomic E-state index is 12.9. The van der Waals surface area contributed by atoms with Gasteiger partial charge < -0.3 is 10.1 Å². The molecule has 29 heavy (non-hydrogen) atoms. The predicted octanol–water partition coefficient (Wildman–Crippen LogP) is 5.68. The maximum Gasteiger partial charge on any atom is 0.317 e. The summed E-state index contributed by atoms with van der Waals surface area (Å²) in [6.45, 7) is 1.88. The fourth-order valence-corrected chi connectivity index (χ4v) is 4.09. The van der Waals surface area contributed by atoms with Gasteiger partial charge in [-0.05, 0) is 61.1 Å². The van der Waals surface area contributed by atoms with Crippen molar-refractivity contribution in [3.63, 3.8) is 0 Å². The van der Waals surface area contributed by atoms with Crippen molar-refractivity contribution in [2.45, 2.75) is 57.3 Å². The summed E-state index contributed by atoms with van der Waals surface area (Å²) in [4.78, 5) is 25.2. The molecule has 2 aromatic carbocycles. The van der Waals surface area contributed by atoms with Crippen LogP contribution in [0, 0.1) is 0 Å². The molecule has 0 aromatic heterocycles. The molecule has 1 aliphatic rings. The normalized spacial score (nSPS) is 15.1. The van der Waals surface area contributed by atoms with Crippen LogP contribution in [0.1, 0.15) is 56.6 Å². The van der Waals surface area contributed by atoms with Gasteiger partial charge in [0, 0.05) is 10.7 Å². The Bertz CT molecular complexity index is 824. The molecular weight excluding hydrogens is 386 g/mol. The first kappa shape index (κ1) is 21.4. The third-order valence-corrected chi connectivity index (χ3v) is 5.89. The molecule has 1 fully saturated rings. The van der Waals surface area contributed by atoms with Crippen LogP contribution >= 0.6 is 11.6 Å². The van der Waals surface area contributed by atoms with Crippen molar-refractivity contribution in [3.8, 4) is 0 Å². The number of hydrogen-bond acceptors (Lipinski definition) is 3. The van der Waals surface area contributed by atoms with Crippen LogP contribution < -0.4 is 5.32 Å². The van der Waals surface area contributed by atoms with E-state index in [0.717, 1.165) is 50.5 Å². The Hall–Kier alpha value is -2.33. The molecular formula is C24H28ClNO3. The van der Waals surface area contributed by atoms with Gasteiger partial charge in [0.25, 0.3) is 5.91 Å². The number of amides is 1. The lowest BCUT2D eigenvalue weighted by Gasteiger charge is -2.27. The summed E-state index contributed by atoms with van der Waals surface area (Å²) in [7, 11) is 0. The molecule has 3 rings (SSSR count). The fourth-order valence-electron chi connectivity index (χ4n) is 3.96. The third-order valence-electron chi connectivity index (χ3n) is 5.64. The van der Waals surface area contributed by atoms with Crippen LogP contribution in [0.25, 0.3) is 0 Å². The predicted molar refractivity (Wildman–Crippen MR) is 116 cm³/mol. The number of nitrogens with one attached hydrogen (secondary N) is 1. The number of carbonyl (C=O) groups excluding carboxylic acids is 2. The first-order chi connectivity index (χ1) is 14.0. The lowest BCUT2D eigenvalue weighted by atomic mass is 9.79. The lowest BCUT2D eigenvalue weighted by molar-refractivity contribution is -0.153. The molecule has 0 unspecified atom stereocenters. The molecule has 0 bridgehead atoms. The standard InChI is InChI=1S/C24H28ClNO3/c1-2-3-6-18-7-13-21(14-8-18)26-22(27)17-29-23(28)24(15-4-5-16-24)19-9-11-20(25)12-10-19/h7-14H,2-6,15-17H2,1H3,(H,26,27). The Kier molecular flexibility index (Phi) is 7.32. The van der Waals surface area contributed by atoms with Crippen molar-refractivity contribution in [3.05, 3.63) is 64.7 Å². The first-order valence-electron chi connectivity index (χ1n) is 10.4. The highest BCUT2D eigenvalue weighted by Gasteiger charge is 2.44. The van der Waals surface area contributed by atoms with E-state index >= 15 is 0 Å². The minimum atomic E-state index is -0.675. The van der Waals surface area contributed by atoms with Crippen molar-refractivity contribution in [1.29, 1.82) is 0 Å². The fraction of sp³-hybridized carbons (Fsp3) is 0.417. The number of ether oxygens (including phenoxy) is 1. The van der Waals surface area contributed by atoms with Crippen molar-refractivity contribution in [2.75, 3.05) is 11.9 Å². The lowest BCUT2D eigenvalue weighted by Crippen LogP contribution is -2.36. The highest BCUT2D eigenvalue weighted by Crippen LogP contribution is 2.42. The Morgan fingerprint density at radius 2 is 1.69 bits per heavy atom. The van der Waals surface area contributed by atoms with Gasteiger partial charge in [-0.15, -0.1) is 0 Å². The second kappa shape index (κ2) is 9.93. The van der Waals surface area contributed by atoms with Gasteiger partial charge in [0.1, 0.15) is 0 Å². The van der Waals surface area contributed by atoms with Crippen LogP contribution in [-0.2, 0) is 26.2 Å². The van der Waals surface area contributed by atoms with E-state index in [1.807, 2.05) is 36.4 Å². The van der Waals surface area contributed by atoms with E-state index in [0.29, 0.717) is 10.7 Å². The van der Waals surface area contributed by atoms with Crippen LogP contribution in [0.15, 0.2) is 48.5 Å². The summed E-state index contributed by atoms with van der Waals surface area (Å²) >= 11 is 5.99. The van der Waals surface area contributed by atoms with Crippen LogP contribution in [0.5, 0.6) is 0 Å². The monoisotopic (exact) mass is 413 g/mol. The molecule has 0 radical (unpaired) electrons. The highest BCUT2D eigenvalue weighted by atomic mass is 35.5. The number of anilines is 1. The van der Waals surface area contributed by atoms with E-state index in [-0.39, 0.29) is 18.5 Å². The number of rotatable bonds is 8. The van der Waals surface area contributed by atoms with Gasteiger partial charge in [-0.25, -0.2) is 0 Å². The molecule has 5 heteroatoms. The summed E-state index contributed by atoms with van der Waals surface area (Å²) in [5.74, 6) is -0.661. The van der Waals surface area contributed by atoms with Crippen LogP contribution in [-0.4, -0.2) is 18.5 Å². The number of benzene rings is 2. The van der Waals surface area contributed by atoms with Gasteiger partial charge in [-0.2, -0.15) is 0 Å². The van der Waals surface area contributed by atoms with E-state index in [4.69, 9.17) is 16.3 Å². The van der Waals surface area contributed by atoms with Crippen LogP contribution in [0.2, 0.25) is 5.02 Å². The minimum absolute atomic E-state index is 0.286. The average Bonchev–Trinajstić information content (AvgIpc) is 3.23. The van der Waals surface area contributed by atoms with E-state index in [1.54, 1.807) is 12.1 Å². The Morgan fingerprint density at radius 1 is 1.03 bits per heavy atom. The average molecular weight is 414 g/mol. The van der Waals surface area contributed by atoms with Gasteiger partial charge in [0.15, 0.2) is 6.61 Å². The molecule has 1 saturated carbocycles. The molecule has 0 spiro atoms. The maximum absolute atomic E-state index is 12.9. The van der Waals surface area contributed by atoms with E-state index in [9.17, 15) is 9.59 Å². The van der Waals surface area contributed by atoms with Crippen molar-refractivity contribution in [1.82, 2.24) is 0 Å². The zero-order chi connectivity index (χ0) is 20.7. The molecule has 1 N–H and O–H groups in total. The summed E-state index contributed by atoms with van der Waals surface area (Å²) in [6.07, 6.45) is 6.73. The van der Waals surface area contributed by atoms with Gasteiger partial charge >= 0.3 is 5.97 Å². The molecule has 1 aliphatic carbocycles. The summed E-state index contributed by atoms with van der Waals surface area (Å²) < 4.78 is 5.44. The zero-order valence-corrected chi connectivity index (χ0v) is 17.6. The summed E-state index contributed by atoms with van der Waals surface area (Å²) in [5, 5.41) is 3.43. The summed E-state index contributed by atoms with van der Waals surface area (Å²) in [5.41, 5.74) is 2.20. The number of carbonyl (C=O) groups is 2. The Labute approximate surface area is 177 Å². The van der Waals surface area contributed by atoms with Crippen LogP contribution in [0.3, 0.4) is 0 Å². The number of esters is 1. The third kappa shape index (κ3) is 5.39. The van der Waals surface area contributed by atoms with E-state index in [2.05, 4.69) is 12.2 Å². The highest BCUT2D eigenvalue weighted by molar-refractivity contribution is 6.30. The van der Waals surface area contributed by atoms with Gasteiger partial charge in [-0.1, -0.05) is 62.1 Å². The van der Waals surface area contributed by atoms with Gasteiger partial charge in [-0.3, -0.25) is 9.59 Å². The molecule has 2 aromatic rings. The summed E-state index contributed by atoms with van der Waals surface area (Å²) in [6, 6.07) is 15.2. The van der Waals surface area contributed by atoms with E-state index in [1.165, 1.54) is 5.56 Å². The topological polar surface area (TPSA) is 55.4 Å². The van der Waals surface area contributed by atoms with Crippen LogP contribution in [0.4, 0.5) is 5.69 Å². The van der Waals surface area contributed by atoms with Gasteiger partial charge in [0.2, 0.25) is 0 Å². The first-order valence-corrected chi connectivity index (χ1v) is 10.7. The quantitative estimate of drug-likeness (QED) is 0.566. The smallest absolute Gasteiger partial charge is 0.317 e. The molecule has 4 nitrogen and oxygen atoms in total. The minimum Gasteiger partial charge on any atom is -0.455 e. The van der Waals surface area contributed by atoms with Crippen molar-refractivity contribution in [2.24, 2.45) is 0 Å². The molecule has 0 saturated heterocycles. The van der Waals surface area contributed by atoms with Crippen molar-refractivity contribution >= 4 is 29.2 Å². The number of halogens is 1. The molecule has 0 heterocycles.